The topological polar surface area (TPSA) is 100 Å². The monoisotopic (exact) mass is 399 g/mol. The molecule has 0 bridgehead atoms. The number of hydrogen-bond acceptors (Lipinski definition) is 4. The quantitative estimate of drug-likeness (QED) is 0.602. The number of rotatable bonds is 9. The predicted octanol–water partition coefficient (Wildman–Crippen LogP) is 3.34. The van der Waals surface area contributed by atoms with Gasteiger partial charge in [-0.25, -0.2) is 0 Å². The molecule has 0 radical (unpaired) electrons. The van der Waals surface area contributed by atoms with Gasteiger partial charge in [0.1, 0.15) is 6.04 Å². The van der Waals surface area contributed by atoms with Crippen molar-refractivity contribution in [2.24, 2.45) is 11.8 Å². The van der Waals surface area contributed by atoms with Gasteiger partial charge < -0.3 is 20.4 Å². The van der Waals surface area contributed by atoms with Crippen LogP contribution >= 0.6 is 0 Å². The second-order valence-corrected chi connectivity index (χ2v) is 7.73. The number of amides is 3. The second-order valence-electron chi connectivity index (χ2n) is 7.73. The summed E-state index contributed by atoms with van der Waals surface area (Å²) in [4.78, 5) is 36.5. The van der Waals surface area contributed by atoms with Gasteiger partial charge in [0, 0.05) is 18.7 Å². The van der Waals surface area contributed by atoms with E-state index in [-0.39, 0.29) is 35.3 Å². The lowest BCUT2D eigenvalue weighted by Crippen LogP contribution is -2.49. The number of nitrogens with one attached hydrogen (secondary N) is 3. The summed E-state index contributed by atoms with van der Waals surface area (Å²) in [7, 11) is 0. The summed E-state index contributed by atoms with van der Waals surface area (Å²) in [6.45, 7) is 8.05. The third-order valence-corrected chi connectivity index (χ3v) is 4.28. The van der Waals surface area contributed by atoms with Crippen LogP contribution in [0, 0.1) is 11.8 Å². The van der Waals surface area contributed by atoms with Gasteiger partial charge >= 0.3 is 0 Å². The van der Waals surface area contributed by atoms with Crippen LogP contribution < -0.4 is 16.0 Å². The molecule has 3 N–H and O–H groups in total. The van der Waals surface area contributed by atoms with Crippen LogP contribution in [0.1, 0.15) is 50.2 Å². The first-order valence-corrected chi connectivity index (χ1v) is 9.77. The van der Waals surface area contributed by atoms with Crippen molar-refractivity contribution >= 4 is 23.4 Å². The molecule has 0 saturated heterocycles. The Morgan fingerprint density at radius 3 is 2.24 bits per heavy atom. The van der Waals surface area contributed by atoms with Crippen LogP contribution in [-0.4, -0.2) is 23.8 Å². The molecule has 0 spiro atoms. The molecule has 0 aliphatic heterocycles. The standard InChI is InChI=1S/C22H29N3O4/c1-14(2)12-19(26)25-20(15(3)4)22(28)23-13-16-7-9-17(10-8-16)24-21(27)18-6-5-11-29-18/h5-11,14-15,20H,12-13H2,1-4H3,(H,23,28)(H,24,27)(H,25,26). The smallest absolute Gasteiger partial charge is 0.291 e. The van der Waals surface area contributed by atoms with Gasteiger partial charge in [0.2, 0.25) is 11.8 Å². The zero-order valence-electron chi connectivity index (χ0n) is 17.3. The number of benzene rings is 1. The Hall–Kier alpha value is -3.09. The fourth-order valence-electron chi connectivity index (χ4n) is 2.74. The molecule has 2 rings (SSSR count). The van der Waals surface area contributed by atoms with Gasteiger partial charge in [-0.05, 0) is 41.7 Å². The Balaban J connectivity index is 1.88. The highest BCUT2D eigenvalue weighted by Gasteiger charge is 2.24. The van der Waals surface area contributed by atoms with E-state index in [9.17, 15) is 14.4 Å². The SMILES string of the molecule is CC(C)CC(=O)NC(C(=O)NCc1ccc(NC(=O)c2ccco2)cc1)C(C)C. The van der Waals surface area contributed by atoms with Crippen molar-refractivity contribution in [2.45, 2.75) is 46.7 Å². The van der Waals surface area contributed by atoms with Crippen LogP contribution in [0.15, 0.2) is 47.1 Å². The molecule has 1 aromatic heterocycles. The normalized spacial score (nSPS) is 11.9. The third kappa shape index (κ3) is 7.10. The molecule has 3 amide bonds. The highest BCUT2D eigenvalue weighted by Crippen LogP contribution is 2.12. The lowest BCUT2D eigenvalue weighted by Gasteiger charge is -2.22. The van der Waals surface area contributed by atoms with E-state index in [1.165, 1.54) is 6.26 Å². The Kier molecular flexibility index (Phi) is 8.00. The van der Waals surface area contributed by atoms with Crippen molar-refractivity contribution in [3.05, 3.63) is 54.0 Å². The molecular formula is C22H29N3O4. The number of anilines is 1. The lowest BCUT2D eigenvalue weighted by atomic mass is 10.0. The molecule has 0 fully saturated rings. The molecule has 1 atom stereocenters. The molecule has 0 saturated carbocycles. The van der Waals surface area contributed by atoms with E-state index in [0.29, 0.717) is 18.7 Å². The van der Waals surface area contributed by atoms with E-state index in [1.807, 2.05) is 39.8 Å². The highest BCUT2D eigenvalue weighted by atomic mass is 16.3. The molecular weight excluding hydrogens is 370 g/mol. The van der Waals surface area contributed by atoms with Gasteiger partial charge in [-0.1, -0.05) is 39.8 Å². The van der Waals surface area contributed by atoms with E-state index in [2.05, 4.69) is 16.0 Å². The van der Waals surface area contributed by atoms with Gasteiger partial charge in [-0.2, -0.15) is 0 Å². The first kappa shape index (κ1) is 22.2. The van der Waals surface area contributed by atoms with Crippen LogP contribution in [-0.2, 0) is 16.1 Å². The van der Waals surface area contributed by atoms with E-state index in [0.717, 1.165) is 5.56 Å². The summed E-state index contributed by atoms with van der Waals surface area (Å²) >= 11 is 0. The zero-order chi connectivity index (χ0) is 21.4. The minimum absolute atomic E-state index is 0.0229. The first-order chi connectivity index (χ1) is 13.8. The van der Waals surface area contributed by atoms with Crippen LogP contribution in [0.4, 0.5) is 5.69 Å². The van der Waals surface area contributed by atoms with E-state index in [1.54, 1.807) is 24.3 Å². The predicted molar refractivity (Wildman–Crippen MR) is 111 cm³/mol. The Morgan fingerprint density at radius 2 is 1.69 bits per heavy atom. The maximum Gasteiger partial charge on any atom is 0.291 e. The van der Waals surface area contributed by atoms with E-state index < -0.39 is 6.04 Å². The van der Waals surface area contributed by atoms with Gasteiger partial charge in [0.05, 0.1) is 6.26 Å². The number of furan rings is 1. The third-order valence-electron chi connectivity index (χ3n) is 4.28. The maximum absolute atomic E-state index is 12.5. The fourth-order valence-corrected chi connectivity index (χ4v) is 2.74. The highest BCUT2D eigenvalue weighted by molar-refractivity contribution is 6.02. The number of carbonyl (C=O) groups is 3. The second kappa shape index (κ2) is 10.5. The van der Waals surface area contributed by atoms with E-state index >= 15 is 0 Å². The summed E-state index contributed by atoms with van der Waals surface area (Å²) in [6.07, 6.45) is 1.83. The van der Waals surface area contributed by atoms with Crippen LogP contribution in [0.25, 0.3) is 0 Å². The molecule has 1 aromatic carbocycles. The summed E-state index contributed by atoms with van der Waals surface area (Å²) in [6, 6.07) is 9.81. The Morgan fingerprint density at radius 1 is 1.00 bits per heavy atom. The van der Waals surface area contributed by atoms with Crippen molar-refractivity contribution in [3.8, 4) is 0 Å². The molecule has 0 aliphatic carbocycles. The average molecular weight is 399 g/mol. The molecule has 0 aliphatic rings. The lowest BCUT2D eigenvalue weighted by molar-refractivity contribution is -0.130. The van der Waals surface area contributed by atoms with Crippen molar-refractivity contribution in [1.82, 2.24) is 10.6 Å². The summed E-state index contributed by atoms with van der Waals surface area (Å²) < 4.78 is 5.06. The summed E-state index contributed by atoms with van der Waals surface area (Å²) in [5.41, 5.74) is 1.51. The molecule has 7 heteroatoms. The molecule has 7 nitrogen and oxygen atoms in total. The Bertz CT molecular complexity index is 811. The average Bonchev–Trinajstić information content (AvgIpc) is 3.19. The van der Waals surface area contributed by atoms with E-state index in [4.69, 9.17) is 4.42 Å². The Labute approximate surface area is 171 Å². The van der Waals surface area contributed by atoms with Gasteiger partial charge in [-0.3, -0.25) is 14.4 Å². The van der Waals surface area contributed by atoms with Crippen molar-refractivity contribution in [2.75, 3.05) is 5.32 Å². The molecule has 1 heterocycles. The van der Waals surface area contributed by atoms with Gasteiger partial charge in [-0.15, -0.1) is 0 Å². The number of hydrogen-bond donors (Lipinski definition) is 3. The minimum atomic E-state index is -0.576. The molecule has 29 heavy (non-hydrogen) atoms. The summed E-state index contributed by atoms with van der Waals surface area (Å²) in [5, 5.41) is 8.43. The largest absolute Gasteiger partial charge is 0.459 e. The van der Waals surface area contributed by atoms with Gasteiger partial charge in [0.25, 0.3) is 5.91 Å². The molecule has 156 valence electrons. The summed E-state index contributed by atoms with van der Waals surface area (Å²) in [5.74, 6) is -0.214. The minimum Gasteiger partial charge on any atom is -0.459 e. The van der Waals surface area contributed by atoms with Gasteiger partial charge in [0.15, 0.2) is 5.76 Å². The fraction of sp³-hybridized carbons (Fsp3) is 0.409. The first-order valence-electron chi connectivity index (χ1n) is 9.77. The molecule has 1 unspecified atom stereocenters. The number of carbonyl (C=O) groups excluding carboxylic acids is 3. The zero-order valence-corrected chi connectivity index (χ0v) is 17.3. The van der Waals surface area contributed by atoms with Crippen molar-refractivity contribution < 1.29 is 18.8 Å². The van der Waals surface area contributed by atoms with Crippen LogP contribution in [0.3, 0.4) is 0 Å². The molecule has 2 aromatic rings. The van der Waals surface area contributed by atoms with Crippen LogP contribution in [0.5, 0.6) is 0 Å². The van der Waals surface area contributed by atoms with Crippen molar-refractivity contribution in [1.29, 1.82) is 0 Å². The van der Waals surface area contributed by atoms with Crippen molar-refractivity contribution in [3.63, 3.8) is 0 Å². The van der Waals surface area contributed by atoms with Crippen LogP contribution in [0.2, 0.25) is 0 Å². The maximum atomic E-state index is 12.5.